The molecule has 0 atom stereocenters. The predicted molar refractivity (Wildman–Crippen MR) is 34.4 cm³/mol. The average Bonchev–Trinajstić information content (AvgIpc) is 1.36. The number of carbonyl (C=O) groups is 1. The summed E-state index contributed by atoms with van der Waals surface area (Å²) in [4.78, 5) is 9.82. The fourth-order valence-corrected chi connectivity index (χ4v) is 0. The molecule has 0 fully saturated rings. The van der Waals surface area contributed by atoms with E-state index in [1.54, 1.807) is 6.92 Å². The Morgan fingerprint density at radius 1 is 1.71 bits per heavy atom. The Balaban J connectivity index is 0. The maximum Gasteiger partial charge on any atom is 0.243 e. The lowest BCUT2D eigenvalue weighted by atomic mass is 10.3. The predicted octanol–water partition coefficient (Wildman–Crippen LogP) is 0.161. The number of hydrogen-bond donors (Lipinski definition) is 1. The molecule has 0 spiro atoms. The first kappa shape index (κ1) is 9.75. The highest BCUT2D eigenvalue weighted by atomic mass is 32.1. The van der Waals surface area contributed by atoms with Gasteiger partial charge in [-0.05, 0) is 6.92 Å². The molecule has 0 saturated heterocycles. The van der Waals surface area contributed by atoms with E-state index in [1.807, 2.05) is 0 Å². The molecule has 3 heteroatoms. The topological polar surface area (TPSA) is 43.1 Å². The van der Waals surface area contributed by atoms with Crippen LogP contribution in [0.5, 0.6) is 0 Å². The number of primary amides is 1. The summed E-state index contributed by atoms with van der Waals surface area (Å²) < 4.78 is 0. The third-order valence-corrected chi connectivity index (χ3v) is 0.421. The Bertz CT molecular complexity index is 77.7. The Labute approximate surface area is 49.8 Å². The zero-order chi connectivity index (χ0) is 5.15. The molecule has 0 heterocycles. The first-order valence-electron chi connectivity index (χ1n) is 1.60. The van der Waals surface area contributed by atoms with Crippen molar-refractivity contribution in [1.29, 1.82) is 0 Å². The molecule has 2 N–H and O–H groups in total. The van der Waals surface area contributed by atoms with Crippen LogP contribution in [0.4, 0.5) is 0 Å². The van der Waals surface area contributed by atoms with E-state index in [0.717, 1.165) is 0 Å². The van der Waals surface area contributed by atoms with Gasteiger partial charge < -0.3 is 5.73 Å². The molecule has 0 aromatic carbocycles. The molecule has 0 aromatic rings. The maximum absolute atomic E-state index is 9.82. The van der Waals surface area contributed by atoms with Crippen LogP contribution in [-0.4, -0.2) is 5.91 Å². The number of nitrogens with two attached hydrogens (primary N) is 1. The van der Waals surface area contributed by atoms with E-state index in [1.165, 1.54) is 0 Å². The molecule has 0 saturated carbocycles. The second-order valence-electron chi connectivity index (χ2n) is 1.14. The lowest BCUT2D eigenvalue weighted by molar-refractivity contribution is -0.114. The summed E-state index contributed by atoms with van der Waals surface area (Å²) in [6.07, 6.45) is 0. The Morgan fingerprint density at radius 2 is 1.86 bits per heavy atom. The summed E-state index contributed by atoms with van der Waals surface area (Å²) in [5, 5.41) is 0. The molecule has 0 unspecified atom stereocenters. The van der Waals surface area contributed by atoms with Gasteiger partial charge in [-0.3, -0.25) is 4.79 Å². The minimum absolute atomic E-state index is 0. The monoisotopic (exact) mass is 119 g/mol. The zero-order valence-corrected chi connectivity index (χ0v) is 5.19. The number of amides is 1. The fourth-order valence-electron chi connectivity index (χ4n) is 0. The molecule has 42 valence electrons. The summed E-state index contributed by atoms with van der Waals surface area (Å²) in [7, 11) is 0. The van der Waals surface area contributed by atoms with Crippen LogP contribution >= 0.6 is 13.5 Å². The molecule has 0 aromatic heterocycles. The highest BCUT2D eigenvalue weighted by Crippen LogP contribution is 1.78. The van der Waals surface area contributed by atoms with Crippen LogP contribution in [0.25, 0.3) is 0 Å². The molecular weight excluding hydrogens is 110 g/mol. The van der Waals surface area contributed by atoms with Gasteiger partial charge in [0.2, 0.25) is 5.91 Å². The van der Waals surface area contributed by atoms with Gasteiger partial charge in [-0.15, -0.1) is 0 Å². The van der Waals surface area contributed by atoms with Gasteiger partial charge in [-0.25, -0.2) is 0 Å². The summed E-state index contributed by atoms with van der Waals surface area (Å²) in [5.74, 6) is -0.435. The second-order valence-corrected chi connectivity index (χ2v) is 1.14. The van der Waals surface area contributed by atoms with Crippen LogP contribution in [0.2, 0.25) is 0 Å². The fraction of sp³-hybridized carbons (Fsp3) is 0.250. The molecular formula is C4H9NOS. The van der Waals surface area contributed by atoms with Crippen molar-refractivity contribution >= 4 is 19.4 Å². The van der Waals surface area contributed by atoms with E-state index < -0.39 is 5.91 Å². The summed E-state index contributed by atoms with van der Waals surface area (Å²) in [6, 6.07) is 0. The van der Waals surface area contributed by atoms with Gasteiger partial charge in [0.25, 0.3) is 0 Å². The van der Waals surface area contributed by atoms with Crippen LogP contribution in [0.15, 0.2) is 12.2 Å². The minimum Gasteiger partial charge on any atom is -0.366 e. The lowest BCUT2D eigenvalue weighted by Gasteiger charge is -1.81. The number of carbonyl (C=O) groups excluding carboxylic acids is 1. The average molecular weight is 119 g/mol. The van der Waals surface area contributed by atoms with E-state index in [0.29, 0.717) is 5.57 Å². The molecule has 0 radical (unpaired) electrons. The van der Waals surface area contributed by atoms with Crippen molar-refractivity contribution in [3.05, 3.63) is 12.2 Å². The van der Waals surface area contributed by atoms with Crippen molar-refractivity contribution in [2.75, 3.05) is 0 Å². The molecule has 2 nitrogen and oxygen atoms in total. The van der Waals surface area contributed by atoms with Crippen molar-refractivity contribution in [1.82, 2.24) is 0 Å². The first-order valence-corrected chi connectivity index (χ1v) is 1.60. The Morgan fingerprint density at radius 3 is 1.86 bits per heavy atom. The first-order chi connectivity index (χ1) is 2.64. The van der Waals surface area contributed by atoms with Gasteiger partial charge in [0.1, 0.15) is 0 Å². The van der Waals surface area contributed by atoms with Crippen molar-refractivity contribution in [3.63, 3.8) is 0 Å². The SMILES string of the molecule is C=C(C)C(N)=O.S. The normalized spacial score (nSPS) is 6.43. The summed E-state index contributed by atoms with van der Waals surface area (Å²) >= 11 is 0. The van der Waals surface area contributed by atoms with Crippen LogP contribution in [0.1, 0.15) is 6.92 Å². The number of hydrogen-bond acceptors (Lipinski definition) is 1. The van der Waals surface area contributed by atoms with Crippen LogP contribution < -0.4 is 5.73 Å². The molecule has 0 aliphatic carbocycles. The standard InChI is InChI=1S/C4H7NO.H2S/c1-3(2)4(5)6;/h1H2,2H3,(H2,5,6);1H2. The highest BCUT2D eigenvalue weighted by Gasteiger charge is 1.86. The zero-order valence-electron chi connectivity index (χ0n) is 4.19. The molecule has 0 aliphatic heterocycles. The van der Waals surface area contributed by atoms with E-state index >= 15 is 0 Å². The van der Waals surface area contributed by atoms with Crippen molar-refractivity contribution in [2.24, 2.45) is 5.73 Å². The van der Waals surface area contributed by atoms with Crippen LogP contribution in [0.3, 0.4) is 0 Å². The third-order valence-electron chi connectivity index (χ3n) is 0.421. The van der Waals surface area contributed by atoms with Crippen LogP contribution in [0, 0.1) is 0 Å². The highest BCUT2D eigenvalue weighted by molar-refractivity contribution is 7.59. The van der Waals surface area contributed by atoms with Crippen LogP contribution in [-0.2, 0) is 4.79 Å². The van der Waals surface area contributed by atoms with Crippen molar-refractivity contribution in [2.45, 2.75) is 6.92 Å². The Kier molecular flexibility index (Phi) is 5.21. The molecule has 7 heavy (non-hydrogen) atoms. The van der Waals surface area contributed by atoms with Gasteiger partial charge in [-0.2, -0.15) is 13.5 Å². The van der Waals surface area contributed by atoms with Gasteiger partial charge in [0.05, 0.1) is 0 Å². The number of rotatable bonds is 1. The molecule has 0 aliphatic rings. The van der Waals surface area contributed by atoms with E-state index in [9.17, 15) is 4.79 Å². The molecule has 1 amide bonds. The van der Waals surface area contributed by atoms with E-state index in [2.05, 4.69) is 6.58 Å². The third kappa shape index (κ3) is 5.56. The van der Waals surface area contributed by atoms with Crippen molar-refractivity contribution < 1.29 is 4.79 Å². The molecule has 0 bridgehead atoms. The minimum atomic E-state index is -0.435. The maximum atomic E-state index is 9.82. The van der Waals surface area contributed by atoms with Gasteiger partial charge in [-0.1, -0.05) is 6.58 Å². The molecule has 0 rings (SSSR count). The van der Waals surface area contributed by atoms with Gasteiger partial charge >= 0.3 is 0 Å². The Hall–Kier alpha value is -0.440. The van der Waals surface area contributed by atoms with E-state index in [4.69, 9.17) is 5.73 Å². The quantitative estimate of drug-likeness (QED) is 0.491. The van der Waals surface area contributed by atoms with Gasteiger partial charge in [0, 0.05) is 5.57 Å². The summed E-state index contributed by atoms with van der Waals surface area (Å²) in [6.45, 7) is 4.85. The lowest BCUT2D eigenvalue weighted by Crippen LogP contribution is -2.10. The van der Waals surface area contributed by atoms with E-state index in [-0.39, 0.29) is 13.5 Å². The van der Waals surface area contributed by atoms with Gasteiger partial charge in [0.15, 0.2) is 0 Å². The summed E-state index contributed by atoms with van der Waals surface area (Å²) in [5.41, 5.74) is 5.09. The van der Waals surface area contributed by atoms with Crippen molar-refractivity contribution in [3.8, 4) is 0 Å². The largest absolute Gasteiger partial charge is 0.366 e. The smallest absolute Gasteiger partial charge is 0.243 e. The second kappa shape index (κ2) is 3.74.